The molecule has 1 atom stereocenters. The number of benzene rings is 1. The summed E-state index contributed by atoms with van der Waals surface area (Å²) in [6.07, 6.45) is 0. The zero-order valence-corrected chi connectivity index (χ0v) is 9.73. The van der Waals surface area contributed by atoms with Gasteiger partial charge in [0.1, 0.15) is 6.04 Å². The van der Waals surface area contributed by atoms with Crippen LogP contribution in [0.4, 0.5) is 11.4 Å². The lowest BCUT2D eigenvalue weighted by molar-refractivity contribution is -0.138. The first kappa shape index (κ1) is 11.4. The second-order valence-corrected chi connectivity index (χ2v) is 4.21. The highest BCUT2D eigenvalue weighted by atomic mass is 16.4. The minimum atomic E-state index is -0.939. The van der Waals surface area contributed by atoms with Gasteiger partial charge in [-0.3, -0.25) is 4.79 Å². The van der Waals surface area contributed by atoms with Gasteiger partial charge in [0, 0.05) is 0 Å². The lowest BCUT2D eigenvalue weighted by Gasteiger charge is -2.33. The Kier molecular flexibility index (Phi) is 2.75. The summed E-state index contributed by atoms with van der Waals surface area (Å²) >= 11 is 0. The SMILES string of the molecule is Cc1ccc2c(c1)NC(=O)CN2C(C)C(=O)O. The second kappa shape index (κ2) is 4.08. The summed E-state index contributed by atoms with van der Waals surface area (Å²) < 4.78 is 0. The molecule has 2 N–H and O–H groups in total. The van der Waals surface area contributed by atoms with Crippen molar-refractivity contribution in [1.82, 2.24) is 0 Å². The van der Waals surface area contributed by atoms with Gasteiger partial charge in [0.15, 0.2) is 0 Å². The van der Waals surface area contributed by atoms with Gasteiger partial charge in [-0.15, -0.1) is 0 Å². The lowest BCUT2D eigenvalue weighted by atomic mass is 10.1. The van der Waals surface area contributed by atoms with E-state index in [0.717, 1.165) is 11.3 Å². The quantitative estimate of drug-likeness (QED) is 0.807. The summed E-state index contributed by atoms with van der Waals surface area (Å²) in [5.41, 5.74) is 2.45. The van der Waals surface area contributed by atoms with Crippen molar-refractivity contribution in [2.24, 2.45) is 0 Å². The van der Waals surface area contributed by atoms with Crippen LogP contribution in [-0.2, 0) is 9.59 Å². The van der Waals surface area contributed by atoms with Crippen molar-refractivity contribution in [2.45, 2.75) is 19.9 Å². The minimum absolute atomic E-state index is 0.0729. The van der Waals surface area contributed by atoms with Crippen LogP contribution in [-0.4, -0.2) is 29.6 Å². The molecule has 0 bridgehead atoms. The van der Waals surface area contributed by atoms with Crippen molar-refractivity contribution in [1.29, 1.82) is 0 Å². The predicted molar refractivity (Wildman–Crippen MR) is 64.3 cm³/mol. The number of aliphatic carboxylic acids is 1. The van der Waals surface area contributed by atoms with Crippen LogP contribution in [0.2, 0.25) is 0 Å². The molecule has 0 aliphatic carbocycles. The highest BCUT2D eigenvalue weighted by Gasteiger charge is 2.29. The molecule has 1 aromatic rings. The topological polar surface area (TPSA) is 69.6 Å². The van der Waals surface area contributed by atoms with Gasteiger partial charge in [-0.2, -0.15) is 0 Å². The summed E-state index contributed by atoms with van der Waals surface area (Å²) in [4.78, 5) is 24.1. The Hall–Kier alpha value is -2.04. The summed E-state index contributed by atoms with van der Waals surface area (Å²) in [6, 6.07) is 4.86. The van der Waals surface area contributed by atoms with Gasteiger partial charge in [0.25, 0.3) is 0 Å². The number of amides is 1. The van der Waals surface area contributed by atoms with E-state index in [1.54, 1.807) is 11.8 Å². The Morgan fingerprint density at radius 2 is 2.24 bits per heavy atom. The molecule has 5 heteroatoms. The van der Waals surface area contributed by atoms with Crippen molar-refractivity contribution < 1.29 is 14.7 Å². The number of hydrogen-bond acceptors (Lipinski definition) is 3. The average Bonchev–Trinajstić information content (AvgIpc) is 2.26. The molecule has 1 aromatic carbocycles. The van der Waals surface area contributed by atoms with E-state index in [1.807, 2.05) is 25.1 Å². The standard InChI is InChI=1S/C12H14N2O3/c1-7-3-4-10-9(5-7)13-11(15)6-14(10)8(2)12(16)17/h3-5,8H,6H2,1-2H3,(H,13,15)(H,16,17). The van der Waals surface area contributed by atoms with Gasteiger partial charge >= 0.3 is 5.97 Å². The minimum Gasteiger partial charge on any atom is -0.480 e. The first-order chi connectivity index (χ1) is 7.99. The smallest absolute Gasteiger partial charge is 0.326 e. The molecule has 0 aromatic heterocycles. The monoisotopic (exact) mass is 234 g/mol. The Morgan fingerprint density at radius 1 is 1.53 bits per heavy atom. The first-order valence-electron chi connectivity index (χ1n) is 5.39. The van der Waals surface area contributed by atoms with E-state index in [-0.39, 0.29) is 12.5 Å². The van der Waals surface area contributed by atoms with Crippen LogP contribution < -0.4 is 10.2 Å². The molecule has 2 rings (SSSR count). The number of carboxylic acid groups (broad SMARTS) is 1. The molecule has 1 amide bonds. The molecule has 17 heavy (non-hydrogen) atoms. The molecule has 1 aliphatic heterocycles. The third-order valence-electron chi connectivity index (χ3n) is 2.87. The lowest BCUT2D eigenvalue weighted by Crippen LogP contribution is -2.46. The van der Waals surface area contributed by atoms with E-state index < -0.39 is 12.0 Å². The number of anilines is 2. The van der Waals surface area contributed by atoms with Crippen molar-refractivity contribution >= 4 is 23.3 Å². The maximum Gasteiger partial charge on any atom is 0.326 e. The van der Waals surface area contributed by atoms with Crippen LogP contribution in [0.15, 0.2) is 18.2 Å². The Morgan fingerprint density at radius 3 is 2.88 bits per heavy atom. The fourth-order valence-electron chi connectivity index (χ4n) is 1.91. The molecular weight excluding hydrogens is 220 g/mol. The highest BCUT2D eigenvalue weighted by molar-refractivity contribution is 6.02. The zero-order chi connectivity index (χ0) is 12.6. The van der Waals surface area contributed by atoms with E-state index >= 15 is 0 Å². The summed E-state index contributed by atoms with van der Waals surface area (Å²) in [5.74, 6) is -1.12. The predicted octanol–water partition coefficient (Wildman–Crippen LogP) is 1.23. The van der Waals surface area contributed by atoms with E-state index in [0.29, 0.717) is 5.69 Å². The number of carboxylic acids is 1. The van der Waals surface area contributed by atoms with Crippen LogP contribution in [0.3, 0.4) is 0 Å². The zero-order valence-electron chi connectivity index (χ0n) is 9.73. The number of hydrogen-bond donors (Lipinski definition) is 2. The van der Waals surface area contributed by atoms with Crippen molar-refractivity contribution in [3.8, 4) is 0 Å². The molecule has 1 heterocycles. The maximum atomic E-state index is 11.5. The van der Waals surface area contributed by atoms with Crippen LogP contribution in [0, 0.1) is 6.92 Å². The van der Waals surface area contributed by atoms with Gasteiger partial charge < -0.3 is 15.3 Å². The fourth-order valence-corrected chi connectivity index (χ4v) is 1.91. The number of fused-ring (bicyclic) bond motifs is 1. The highest BCUT2D eigenvalue weighted by Crippen LogP contribution is 2.31. The Balaban J connectivity index is 2.44. The van der Waals surface area contributed by atoms with Crippen LogP contribution in [0.1, 0.15) is 12.5 Å². The summed E-state index contributed by atoms with van der Waals surface area (Å²) in [5, 5.41) is 11.8. The number of aryl methyl sites for hydroxylation is 1. The van der Waals surface area contributed by atoms with Gasteiger partial charge in [0.2, 0.25) is 5.91 Å². The third-order valence-corrected chi connectivity index (χ3v) is 2.87. The maximum absolute atomic E-state index is 11.5. The molecule has 1 aliphatic rings. The summed E-state index contributed by atoms with van der Waals surface area (Å²) in [7, 11) is 0. The number of carbonyl (C=O) groups is 2. The largest absolute Gasteiger partial charge is 0.480 e. The molecule has 0 spiro atoms. The van der Waals surface area contributed by atoms with Gasteiger partial charge in [-0.1, -0.05) is 6.07 Å². The Labute approximate surface area is 99.0 Å². The molecule has 0 fully saturated rings. The molecule has 0 radical (unpaired) electrons. The second-order valence-electron chi connectivity index (χ2n) is 4.21. The van der Waals surface area contributed by atoms with Crippen LogP contribution >= 0.6 is 0 Å². The molecule has 0 saturated carbocycles. The van der Waals surface area contributed by atoms with Crippen LogP contribution in [0.5, 0.6) is 0 Å². The van der Waals surface area contributed by atoms with Gasteiger partial charge in [-0.25, -0.2) is 4.79 Å². The molecule has 5 nitrogen and oxygen atoms in total. The van der Waals surface area contributed by atoms with Crippen molar-refractivity contribution in [3.05, 3.63) is 23.8 Å². The van der Waals surface area contributed by atoms with Gasteiger partial charge in [0.05, 0.1) is 17.9 Å². The fraction of sp³-hybridized carbons (Fsp3) is 0.333. The van der Waals surface area contributed by atoms with Crippen molar-refractivity contribution in [2.75, 3.05) is 16.8 Å². The average molecular weight is 234 g/mol. The first-order valence-corrected chi connectivity index (χ1v) is 5.39. The molecule has 90 valence electrons. The van der Waals surface area contributed by atoms with E-state index in [9.17, 15) is 9.59 Å². The number of rotatable bonds is 2. The molecule has 0 saturated heterocycles. The van der Waals surface area contributed by atoms with E-state index in [2.05, 4.69) is 5.32 Å². The van der Waals surface area contributed by atoms with Crippen molar-refractivity contribution in [3.63, 3.8) is 0 Å². The normalized spacial score (nSPS) is 16.1. The van der Waals surface area contributed by atoms with E-state index in [1.165, 1.54) is 0 Å². The summed E-state index contributed by atoms with van der Waals surface area (Å²) in [6.45, 7) is 3.57. The number of carbonyl (C=O) groups excluding carboxylic acids is 1. The molecular formula is C12H14N2O3. The number of nitrogens with zero attached hydrogens (tertiary/aromatic N) is 1. The third kappa shape index (κ3) is 2.08. The van der Waals surface area contributed by atoms with Crippen LogP contribution in [0.25, 0.3) is 0 Å². The van der Waals surface area contributed by atoms with E-state index in [4.69, 9.17) is 5.11 Å². The van der Waals surface area contributed by atoms with Gasteiger partial charge in [-0.05, 0) is 31.5 Å². The Bertz CT molecular complexity index is 485. The molecule has 1 unspecified atom stereocenters. The number of nitrogens with one attached hydrogen (secondary N) is 1.